The second-order valence-electron chi connectivity index (χ2n) is 6.78. The van der Waals surface area contributed by atoms with Crippen LogP contribution in [0.4, 0.5) is 0 Å². The number of Topliss-reactive ketones (excluding diaryl/α,β-unsaturated/α-hetero) is 2. The fraction of sp³-hybridized carbons (Fsp3) is 0.0833. The Morgan fingerprint density at radius 3 is 1.00 bits per heavy atom. The van der Waals surface area contributed by atoms with Gasteiger partial charge in [0, 0.05) is 24.0 Å². The Morgan fingerprint density at radius 1 is 0.467 bits per heavy atom. The van der Waals surface area contributed by atoms with E-state index >= 15 is 0 Å². The van der Waals surface area contributed by atoms with Gasteiger partial charge in [-0.1, -0.05) is 48.5 Å². The first-order valence-electron chi connectivity index (χ1n) is 9.14. The molecule has 0 saturated carbocycles. The van der Waals surface area contributed by atoms with Gasteiger partial charge in [0.25, 0.3) is 0 Å². The lowest BCUT2D eigenvalue weighted by molar-refractivity contribution is 0.0686. The number of rotatable bonds is 8. The molecular formula is C24H18O6. The van der Waals surface area contributed by atoms with Crippen molar-refractivity contribution in [1.29, 1.82) is 0 Å². The van der Waals surface area contributed by atoms with Crippen molar-refractivity contribution in [1.82, 2.24) is 0 Å². The lowest BCUT2D eigenvalue weighted by Gasteiger charge is -2.05. The molecule has 0 saturated heterocycles. The number of carboxylic acid groups (broad SMARTS) is 2. The number of ketones is 2. The summed E-state index contributed by atoms with van der Waals surface area (Å²) in [6, 6.07) is 18.6. The maximum absolute atomic E-state index is 12.4. The monoisotopic (exact) mass is 402 g/mol. The molecule has 0 fully saturated rings. The van der Waals surface area contributed by atoms with Gasteiger partial charge in [0.1, 0.15) is 0 Å². The number of hydrogen-bond acceptors (Lipinski definition) is 4. The zero-order valence-corrected chi connectivity index (χ0v) is 15.9. The molecule has 0 atom stereocenters. The van der Waals surface area contributed by atoms with Crippen LogP contribution in [0.25, 0.3) is 0 Å². The van der Waals surface area contributed by atoms with Gasteiger partial charge >= 0.3 is 11.9 Å². The number of carboxylic acids is 2. The van der Waals surface area contributed by atoms with Gasteiger partial charge in [0.2, 0.25) is 0 Å². The molecule has 3 aromatic rings. The minimum Gasteiger partial charge on any atom is -0.478 e. The summed E-state index contributed by atoms with van der Waals surface area (Å²) in [6.07, 6.45) is 0.256. The largest absolute Gasteiger partial charge is 0.478 e. The van der Waals surface area contributed by atoms with E-state index in [1.54, 1.807) is 48.5 Å². The summed E-state index contributed by atoms with van der Waals surface area (Å²) in [7, 11) is 0. The van der Waals surface area contributed by atoms with Crippen LogP contribution in [-0.4, -0.2) is 33.7 Å². The van der Waals surface area contributed by atoms with E-state index in [4.69, 9.17) is 10.2 Å². The molecule has 3 aromatic carbocycles. The minimum atomic E-state index is -1.02. The number of benzene rings is 3. The van der Waals surface area contributed by atoms with Crippen molar-refractivity contribution in [3.05, 3.63) is 106 Å². The first-order valence-corrected chi connectivity index (χ1v) is 9.14. The highest BCUT2D eigenvalue weighted by Gasteiger charge is 2.12. The molecule has 0 spiro atoms. The van der Waals surface area contributed by atoms with Crippen molar-refractivity contribution in [3.63, 3.8) is 0 Å². The third kappa shape index (κ3) is 5.05. The van der Waals surface area contributed by atoms with Gasteiger partial charge in [-0.05, 0) is 35.4 Å². The number of aromatic carboxylic acids is 2. The van der Waals surface area contributed by atoms with Crippen LogP contribution in [0, 0.1) is 0 Å². The highest BCUT2D eigenvalue weighted by atomic mass is 16.4. The molecule has 2 N–H and O–H groups in total. The summed E-state index contributed by atoms with van der Waals surface area (Å²) >= 11 is 0. The van der Waals surface area contributed by atoms with Gasteiger partial charge in [-0.25, -0.2) is 9.59 Å². The van der Waals surface area contributed by atoms with Crippen LogP contribution in [0.1, 0.15) is 52.6 Å². The van der Waals surface area contributed by atoms with E-state index in [9.17, 15) is 19.2 Å². The summed E-state index contributed by atoms with van der Waals surface area (Å²) in [5.41, 5.74) is 2.64. The summed E-state index contributed by atoms with van der Waals surface area (Å²) < 4.78 is 0. The molecule has 0 heterocycles. The zero-order chi connectivity index (χ0) is 21.7. The molecule has 0 amide bonds. The van der Waals surface area contributed by atoms with Crippen molar-refractivity contribution in [2.24, 2.45) is 0 Å². The molecule has 30 heavy (non-hydrogen) atoms. The van der Waals surface area contributed by atoms with Gasteiger partial charge in [-0.2, -0.15) is 0 Å². The second kappa shape index (κ2) is 8.96. The highest BCUT2D eigenvalue weighted by molar-refractivity contribution is 6.01. The Morgan fingerprint density at radius 2 is 0.733 bits per heavy atom. The van der Waals surface area contributed by atoms with Crippen LogP contribution in [0.5, 0.6) is 0 Å². The average molecular weight is 402 g/mol. The third-order valence-corrected chi connectivity index (χ3v) is 4.66. The zero-order valence-electron chi connectivity index (χ0n) is 15.9. The Kier molecular flexibility index (Phi) is 6.17. The number of carbonyl (C=O) groups is 4. The molecule has 0 bridgehead atoms. The van der Waals surface area contributed by atoms with Crippen LogP contribution < -0.4 is 0 Å². The van der Waals surface area contributed by atoms with E-state index in [1.807, 2.05) is 0 Å². The molecule has 6 nitrogen and oxygen atoms in total. The van der Waals surface area contributed by atoms with Gasteiger partial charge in [0.05, 0.1) is 11.1 Å². The van der Waals surface area contributed by atoms with Crippen molar-refractivity contribution >= 4 is 23.5 Å². The topological polar surface area (TPSA) is 109 Å². The van der Waals surface area contributed by atoms with Gasteiger partial charge in [-0.15, -0.1) is 0 Å². The maximum atomic E-state index is 12.4. The summed E-state index contributed by atoms with van der Waals surface area (Å²) in [6.45, 7) is 0. The summed E-state index contributed by atoms with van der Waals surface area (Å²) in [5, 5.41) is 17.8. The lowest BCUT2D eigenvalue weighted by Crippen LogP contribution is -2.07. The van der Waals surface area contributed by atoms with Gasteiger partial charge < -0.3 is 10.2 Å². The van der Waals surface area contributed by atoms with Crippen LogP contribution in [0.3, 0.4) is 0 Å². The fourth-order valence-electron chi connectivity index (χ4n) is 2.95. The van der Waals surface area contributed by atoms with E-state index in [0.29, 0.717) is 22.3 Å². The summed E-state index contributed by atoms with van der Waals surface area (Å²) in [4.78, 5) is 46.6. The highest BCUT2D eigenvalue weighted by Crippen LogP contribution is 2.13. The van der Waals surface area contributed by atoms with E-state index in [2.05, 4.69) is 0 Å². The average Bonchev–Trinajstić information content (AvgIpc) is 2.74. The molecular weight excluding hydrogens is 384 g/mol. The van der Waals surface area contributed by atoms with Crippen molar-refractivity contribution in [3.8, 4) is 0 Å². The third-order valence-electron chi connectivity index (χ3n) is 4.66. The van der Waals surface area contributed by atoms with E-state index in [0.717, 1.165) is 0 Å². The standard InChI is InChI=1S/C24H18O6/c25-21(13-15-1-5-19(6-2-15)23(27)28)17-9-11-18(12-10-17)22(26)14-16-3-7-20(8-4-16)24(29)30/h1-12H,13-14H2,(H,27,28)(H,29,30). The van der Waals surface area contributed by atoms with Gasteiger partial charge in [0.15, 0.2) is 11.6 Å². The SMILES string of the molecule is O=C(O)c1ccc(CC(=O)c2ccc(C(=O)Cc3ccc(C(=O)O)cc3)cc2)cc1. The van der Waals surface area contributed by atoms with Crippen LogP contribution in [0.2, 0.25) is 0 Å². The van der Waals surface area contributed by atoms with Crippen LogP contribution in [-0.2, 0) is 12.8 Å². The lowest BCUT2D eigenvalue weighted by atomic mass is 9.98. The minimum absolute atomic E-state index is 0.128. The quantitative estimate of drug-likeness (QED) is 0.553. The Balaban J connectivity index is 1.63. The number of carbonyl (C=O) groups excluding carboxylic acids is 2. The van der Waals surface area contributed by atoms with Gasteiger partial charge in [-0.3, -0.25) is 9.59 Å². The predicted molar refractivity (Wildman–Crippen MR) is 109 cm³/mol. The molecule has 150 valence electrons. The van der Waals surface area contributed by atoms with Crippen molar-refractivity contribution in [2.45, 2.75) is 12.8 Å². The normalized spacial score (nSPS) is 10.4. The van der Waals surface area contributed by atoms with E-state index in [-0.39, 0.29) is 35.5 Å². The molecule has 0 aliphatic heterocycles. The Labute approximate surface area is 172 Å². The Hall–Kier alpha value is -4.06. The first kappa shape index (κ1) is 20.7. The summed E-state index contributed by atoms with van der Waals surface area (Å²) in [5.74, 6) is -2.32. The number of hydrogen-bond donors (Lipinski definition) is 2. The van der Waals surface area contributed by atoms with Crippen LogP contribution in [0.15, 0.2) is 72.8 Å². The van der Waals surface area contributed by atoms with Crippen molar-refractivity contribution in [2.75, 3.05) is 0 Å². The predicted octanol–water partition coefficient (Wildman–Crippen LogP) is 3.93. The smallest absolute Gasteiger partial charge is 0.335 e. The van der Waals surface area contributed by atoms with Crippen LogP contribution >= 0.6 is 0 Å². The Bertz CT molecular complexity index is 1000. The second-order valence-corrected chi connectivity index (χ2v) is 6.78. The molecule has 0 aliphatic carbocycles. The molecule has 6 heteroatoms. The first-order chi connectivity index (χ1) is 14.3. The molecule has 0 unspecified atom stereocenters. The molecule has 0 aromatic heterocycles. The van der Waals surface area contributed by atoms with Crippen molar-refractivity contribution < 1.29 is 29.4 Å². The van der Waals surface area contributed by atoms with E-state index in [1.165, 1.54) is 24.3 Å². The molecule has 0 radical (unpaired) electrons. The van der Waals surface area contributed by atoms with E-state index < -0.39 is 11.9 Å². The molecule has 3 rings (SSSR count). The maximum Gasteiger partial charge on any atom is 0.335 e. The molecule has 0 aliphatic rings. The fourth-order valence-corrected chi connectivity index (χ4v) is 2.95.